The van der Waals surface area contributed by atoms with E-state index in [1.165, 1.54) is 4.88 Å². The molecule has 1 saturated heterocycles. The molecule has 0 spiro atoms. The van der Waals surface area contributed by atoms with Crippen LogP contribution in [0.4, 0.5) is 5.82 Å². The molecule has 1 aliphatic heterocycles. The number of aromatic amines is 1. The number of carbonyl (C=O) groups excluding carboxylic acids is 1. The van der Waals surface area contributed by atoms with E-state index in [1.54, 1.807) is 18.3 Å². The van der Waals surface area contributed by atoms with Gasteiger partial charge in [-0.2, -0.15) is 5.10 Å². The Bertz CT molecular complexity index is 886. The second kappa shape index (κ2) is 8.48. The van der Waals surface area contributed by atoms with Gasteiger partial charge in [-0.05, 0) is 43.3 Å². The summed E-state index contributed by atoms with van der Waals surface area (Å²) in [5, 5.41) is 12.8. The first kappa shape index (κ1) is 18.6. The normalized spacial score (nSPS) is 16.0. The van der Waals surface area contributed by atoms with E-state index < -0.39 is 6.10 Å². The number of nitrogens with one attached hydrogen (secondary N) is 2. The van der Waals surface area contributed by atoms with Gasteiger partial charge in [0.2, 0.25) is 0 Å². The number of anilines is 1. The number of amides is 1. The molecule has 0 bridgehead atoms. The Labute approximate surface area is 168 Å². The molecule has 1 amide bonds. The van der Waals surface area contributed by atoms with Crippen molar-refractivity contribution in [2.75, 3.05) is 18.0 Å². The van der Waals surface area contributed by atoms with Gasteiger partial charge in [0.15, 0.2) is 11.9 Å². The largest absolute Gasteiger partial charge is 0.481 e. The third kappa shape index (κ3) is 4.36. The Kier molecular flexibility index (Phi) is 5.62. The highest BCUT2D eigenvalue weighted by molar-refractivity contribution is 7.13. The SMILES string of the molecule is CC(Oc1ccccc1)C(=O)NC1CCN(c2cc(-c3cccs3)[nH]n2)CC1. The van der Waals surface area contributed by atoms with Crippen LogP contribution in [-0.2, 0) is 4.79 Å². The Morgan fingerprint density at radius 3 is 2.75 bits per heavy atom. The fourth-order valence-electron chi connectivity index (χ4n) is 3.36. The molecule has 0 radical (unpaired) electrons. The van der Waals surface area contributed by atoms with Crippen LogP contribution in [0.5, 0.6) is 5.75 Å². The standard InChI is InChI=1S/C21H24N4O2S/c1-15(27-17-6-3-2-4-7-17)21(26)22-16-9-11-25(12-10-16)20-14-18(23-24-20)19-8-5-13-28-19/h2-8,13-16H,9-12H2,1H3,(H,22,26)(H,23,24). The van der Waals surface area contributed by atoms with Crippen LogP contribution in [0, 0.1) is 0 Å². The highest BCUT2D eigenvalue weighted by atomic mass is 32.1. The summed E-state index contributed by atoms with van der Waals surface area (Å²) in [5.41, 5.74) is 1.05. The lowest BCUT2D eigenvalue weighted by Gasteiger charge is -2.32. The number of nitrogens with zero attached hydrogens (tertiary/aromatic N) is 2. The number of hydrogen-bond acceptors (Lipinski definition) is 5. The summed E-state index contributed by atoms with van der Waals surface area (Å²) < 4.78 is 5.71. The van der Waals surface area contributed by atoms with Crippen molar-refractivity contribution in [2.45, 2.75) is 31.9 Å². The maximum Gasteiger partial charge on any atom is 0.260 e. The van der Waals surface area contributed by atoms with Crippen molar-refractivity contribution >= 4 is 23.1 Å². The first-order valence-corrected chi connectivity index (χ1v) is 10.4. The van der Waals surface area contributed by atoms with E-state index in [1.807, 2.05) is 36.4 Å². The van der Waals surface area contributed by atoms with E-state index in [0.29, 0.717) is 5.75 Å². The van der Waals surface area contributed by atoms with E-state index in [4.69, 9.17) is 4.74 Å². The molecule has 0 saturated carbocycles. The van der Waals surface area contributed by atoms with Gasteiger partial charge >= 0.3 is 0 Å². The third-order valence-corrected chi connectivity index (χ3v) is 5.84. The van der Waals surface area contributed by atoms with Crippen molar-refractivity contribution in [2.24, 2.45) is 0 Å². The molecule has 146 valence electrons. The predicted molar refractivity (Wildman–Crippen MR) is 112 cm³/mol. The Hall–Kier alpha value is -2.80. The molecule has 7 heteroatoms. The third-order valence-electron chi connectivity index (χ3n) is 4.94. The quantitative estimate of drug-likeness (QED) is 0.667. The Balaban J connectivity index is 1.26. The molecular weight excluding hydrogens is 372 g/mol. The molecule has 3 heterocycles. The van der Waals surface area contributed by atoms with Gasteiger partial charge in [0.05, 0.1) is 10.6 Å². The number of thiophene rings is 1. The summed E-state index contributed by atoms with van der Waals surface area (Å²) in [4.78, 5) is 15.9. The van der Waals surface area contributed by atoms with Gasteiger partial charge in [-0.3, -0.25) is 9.89 Å². The molecule has 4 rings (SSSR count). The van der Waals surface area contributed by atoms with Crippen molar-refractivity contribution < 1.29 is 9.53 Å². The molecule has 2 aromatic heterocycles. The molecule has 1 aliphatic rings. The first-order chi connectivity index (χ1) is 13.7. The second-order valence-electron chi connectivity index (χ2n) is 6.96. The van der Waals surface area contributed by atoms with Crippen LogP contribution in [0.25, 0.3) is 10.6 Å². The smallest absolute Gasteiger partial charge is 0.260 e. The van der Waals surface area contributed by atoms with Crippen LogP contribution < -0.4 is 15.0 Å². The summed E-state index contributed by atoms with van der Waals surface area (Å²) in [6.07, 6.45) is 1.27. The fraction of sp³-hybridized carbons (Fsp3) is 0.333. The minimum absolute atomic E-state index is 0.0675. The van der Waals surface area contributed by atoms with Gasteiger partial charge < -0.3 is 15.0 Å². The predicted octanol–water partition coefficient (Wildman–Crippen LogP) is 3.69. The number of benzene rings is 1. The molecule has 6 nitrogen and oxygen atoms in total. The van der Waals surface area contributed by atoms with Crippen LogP contribution in [-0.4, -0.2) is 41.3 Å². The lowest BCUT2D eigenvalue weighted by Crippen LogP contribution is -2.48. The van der Waals surface area contributed by atoms with Gasteiger partial charge in [0.25, 0.3) is 5.91 Å². The fourth-order valence-corrected chi connectivity index (χ4v) is 4.05. The van der Waals surface area contributed by atoms with Crippen LogP contribution in [0.2, 0.25) is 0 Å². The summed E-state index contributed by atoms with van der Waals surface area (Å²) in [6.45, 7) is 3.52. The van der Waals surface area contributed by atoms with Crippen LogP contribution >= 0.6 is 11.3 Å². The number of aromatic nitrogens is 2. The number of piperidine rings is 1. The van der Waals surface area contributed by atoms with Crippen LogP contribution in [0.3, 0.4) is 0 Å². The maximum atomic E-state index is 12.4. The van der Waals surface area contributed by atoms with Gasteiger partial charge in [0.1, 0.15) is 5.75 Å². The lowest BCUT2D eigenvalue weighted by atomic mass is 10.0. The van der Waals surface area contributed by atoms with Gasteiger partial charge in [-0.15, -0.1) is 11.3 Å². The average molecular weight is 397 g/mol. The van der Waals surface area contributed by atoms with Gasteiger partial charge in [-0.1, -0.05) is 24.3 Å². The van der Waals surface area contributed by atoms with Gasteiger partial charge in [-0.25, -0.2) is 0 Å². The topological polar surface area (TPSA) is 70.2 Å². The molecule has 28 heavy (non-hydrogen) atoms. The molecule has 1 unspecified atom stereocenters. The summed E-state index contributed by atoms with van der Waals surface area (Å²) >= 11 is 1.70. The van der Waals surface area contributed by atoms with Crippen LogP contribution in [0.15, 0.2) is 53.9 Å². The summed E-state index contributed by atoms with van der Waals surface area (Å²) in [6, 6.07) is 15.8. The Morgan fingerprint density at radius 2 is 2.04 bits per heavy atom. The van der Waals surface area contributed by atoms with Crippen LogP contribution in [0.1, 0.15) is 19.8 Å². The molecule has 2 N–H and O–H groups in total. The minimum Gasteiger partial charge on any atom is -0.481 e. The second-order valence-corrected chi connectivity index (χ2v) is 7.91. The molecular formula is C21H24N4O2S. The number of H-pyrrole nitrogens is 1. The summed E-state index contributed by atoms with van der Waals surface area (Å²) in [5.74, 6) is 1.61. The monoisotopic (exact) mass is 396 g/mol. The molecule has 1 aromatic carbocycles. The minimum atomic E-state index is -0.514. The molecule has 1 atom stereocenters. The zero-order valence-corrected chi connectivity index (χ0v) is 16.6. The number of para-hydroxylation sites is 1. The highest BCUT2D eigenvalue weighted by Crippen LogP contribution is 2.27. The number of ether oxygens (including phenoxy) is 1. The average Bonchev–Trinajstić information content (AvgIpc) is 3.41. The van der Waals surface area contributed by atoms with Crippen molar-refractivity contribution in [1.29, 1.82) is 0 Å². The van der Waals surface area contributed by atoms with Crippen molar-refractivity contribution in [3.05, 3.63) is 53.9 Å². The van der Waals surface area contributed by atoms with E-state index in [9.17, 15) is 4.79 Å². The molecule has 1 fully saturated rings. The maximum absolute atomic E-state index is 12.4. The first-order valence-electron chi connectivity index (χ1n) is 9.55. The Morgan fingerprint density at radius 1 is 1.25 bits per heavy atom. The van der Waals surface area contributed by atoms with E-state index in [0.717, 1.165) is 37.4 Å². The number of carbonyl (C=O) groups is 1. The van der Waals surface area contributed by atoms with Crippen molar-refractivity contribution in [3.8, 4) is 16.3 Å². The van der Waals surface area contributed by atoms with E-state index >= 15 is 0 Å². The van der Waals surface area contributed by atoms with Crippen molar-refractivity contribution in [3.63, 3.8) is 0 Å². The highest BCUT2D eigenvalue weighted by Gasteiger charge is 2.24. The number of hydrogen-bond donors (Lipinski definition) is 2. The number of rotatable bonds is 6. The van der Waals surface area contributed by atoms with Gasteiger partial charge in [0, 0.05) is 25.2 Å². The molecule has 0 aliphatic carbocycles. The van der Waals surface area contributed by atoms with Crippen molar-refractivity contribution in [1.82, 2.24) is 15.5 Å². The summed E-state index contributed by atoms with van der Waals surface area (Å²) in [7, 11) is 0. The molecule has 3 aromatic rings. The lowest BCUT2D eigenvalue weighted by molar-refractivity contribution is -0.128. The van der Waals surface area contributed by atoms with E-state index in [2.05, 4.69) is 37.9 Å². The zero-order valence-electron chi connectivity index (χ0n) is 15.8. The zero-order chi connectivity index (χ0) is 19.3. The van der Waals surface area contributed by atoms with E-state index in [-0.39, 0.29) is 11.9 Å².